The van der Waals surface area contributed by atoms with Gasteiger partial charge >= 0.3 is 0 Å². The van der Waals surface area contributed by atoms with Crippen LogP contribution in [0.15, 0.2) is 47.4 Å². The maximum atomic E-state index is 12.4. The SMILES string of the molecule is CS(=O)(=O)c1ccc(N2C(=O)c3ccccc3C2=O)c([N+](=O)[O-])c1. The number of amides is 2. The van der Waals surface area contributed by atoms with Gasteiger partial charge in [-0.3, -0.25) is 19.7 Å². The van der Waals surface area contributed by atoms with Gasteiger partial charge in [0.15, 0.2) is 9.84 Å². The van der Waals surface area contributed by atoms with Crippen LogP contribution < -0.4 is 4.90 Å². The quantitative estimate of drug-likeness (QED) is 0.475. The first-order valence-corrected chi connectivity index (χ1v) is 8.57. The van der Waals surface area contributed by atoms with E-state index in [0.717, 1.165) is 24.5 Å². The predicted molar refractivity (Wildman–Crippen MR) is 83.8 cm³/mol. The number of nitrogens with zero attached hydrogens (tertiary/aromatic N) is 2. The minimum Gasteiger partial charge on any atom is -0.268 e. The summed E-state index contributed by atoms with van der Waals surface area (Å²) in [5, 5.41) is 11.3. The smallest absolute Gasteiger partial charge is 0.268 e. The summed E-state index contributed by atoms with van der Waals surface area (Å²) in [7, 11) is -3.67. The van der Waals surface area contributed by atoms with Crippen molar-refractivity contribution in [1.82, 2.24) is 0 Å². The van der Waals surface area contributed by atoms with Crippen LogP contribution in [-0.4, -0.2) is 31.4 Å². The van der Waals surface area contributed by atoms with Crippen LogP contribution in [0.3, 0.4) is 0 Å². The second-order valence-electron chi connectivity index (χ2n) is 5.17. The third kappa shape index (κ3) is 2.35. The van der Waals surface area contributed by atoms with Crippen LogP contribution >= 0.6 is 0 Å². The normalized spacial score (nSPS) is 14.0. The molecule has 1 heterocycles. The topological polar surface area (TPSA) is 115 Å². The van der Waals surface area contributed by atoms with Crippen molar-refractivity contribution in [2.45, 2.75) is 4.90 Å². The fourth-order valence-corrected chi connectivity index (χ4v) is 3.12. The molecule has 0 radical (unpaired) electrons. The molecule has 0 N–H and O–H groups in total. The van der Waals surface area contributed by atoms with Crippen molar-refractivity contribution in [2.75, 3.05) is 11.2 Å². The highest BCUT2D eigenvalue weighted by atomic mass is 32.2. The van der Waals surface area contributed by atoms with Crippen molar-refractivity contribution in [3.63, 3.8) is 0 Å². The number of carbonyl (C=O) groups excluding carboxylic acids is 2. The summed E-state index contributed by atoms with van der Waals surface area (Å²) in [6.45, 7) is 0. The molecule has 1 aliphatic rings. The van der Waals surface area contributed by atoms with Gasteiger partial charge < -0.3 is 0 Å². The molecule has 122 valence electrons. The maximum Gasteiger partial charge on any atom is 0.294 e. The molecule has 2 amide bonds. The number of carbonyl (C=O) groups is 2. The Morgan fingerprint density at radius 2 is 1.54 bits per heavy atom. The second-order valence-corrected chi connectivity index (χ2v) is 7.19. The van der Waals surface area contributed by atoms with Crippen molar-refractivity contribution in [1.29, 1.82) is 0 Å². The Kier molecular flexibility index (Phi) is 3.45. The summed E-state index contributed by atoms with van der Waals surface area (Å²) >= 11 is 0. The number of rotatable bonds is 3. The monoisotopic (exact) mass is 346 g/mol. The molecule has 24 heavy (non-hydrogen) atoms. The number of anilines is 1. The zero-order valence-corrected chi connectivity index (χ0v) is 13.1. The molecule has 0 saturated heterocycles. The first-order valence-electron chi connectivity index (χ1n) is 6.68. The average molecular weight is 346 g/mol. The first kappa shape index (κ1) is 15.8. The molecular weight excluding hydrogens is 336 g/mol. The average Bonchev–Trinajstić information content (AvgIpc) is 2.78. The van der Waals surface area contributed by atoms with E-state index >= 15 is 0 Å². The van der Waals surface area contributed by atoms with Crippen molar-refractivity contribution in [3.8, 4) is 0 Å². The molecule has 0 aromatic heterocycles. The molecular formula is C15H10N2O6S. The fourth-order valence-electron chi connectivity index (χ4n) is 2.48. The maximum absolute atomic E-state index is 12.4. The third-order valence-corrected chi connectivity index (χ3v) is 4.72. The molecule has 0 atom stereocenters. The Bertz CT molecular complexity index is 977. The number of hydrogen-bond acceptors (Lipinski definition) is 6. The Morgan fingerprint density at radius 1 is 1.00 bits per heavy atom. The molecule has 0 fully saturated rings. The molecule has 0 saturated carbocycles. The van der Waals surface area contributed by atoms with Crippen LogP contribution in [-0.2, 0) is 9.84 Å². The molecule has 0 spiro atoms. The molecule has 1 aliphatic heterocycles. The summed E-state index contributed by atoms with van der Waals surface area (Å²) in [5.41, 5.74) is -0.612. The third-order valence-electron chi connectivity index (χ3n) is 3.61. The lowest BCUT2D eigenvalue weighted by Crippen LogP contribution is -2.30. The number of hydrogen-bond donors (Lipinski definition) is 0. The van der Waals surface area contributed by atoms with Gasteiger partial charge in [0.25, 0.3) is 17.5 Å². The van der Waals surface area contributed by atoms with Gasteiger partial charge in [0.2, 0.25) is 0 Å². The lowest BCUT2D eigenvalue weighted by Gasteiger charge is -2.14. The molecule has 2 aromatic carbocycles. The highest BCUT2D eigenvalue weighted by Crippen LogP contribution is 2.36. The van der Waals surface area contributed by atoms with Crippen molar-refractivity contribution in [3.05, 3.63) is 63.7 Å². The molecule has 2 aromatic rings. The molecule has 0 bridgehead atoms. The van der Waals surface area contributed by atoms with E-state index < -0.39 is 32.3 Å². The van der Waals surface area contributed by atoms with Gasteiger partial charge in [-0.25, -0.2) is 13.3 Å². The summed E-state index contributed by atoms with van der Waals surface area (Å²) in [6, 6.07) is 9.12. The number of nitro benzene ring substituents is 1. The van der Waals surface area contributed by atoms with Crippen LogP contribution in [0.25, 0.3) is 0 Å². The van der Waals surface area contributed by atoms with Gasteiger partial charge in [-0.15, -0.1) is 0 Å². The van der Waals surface area contributed by atoms with E-state index in [4.69, 9.17) is 0 Å². The number of benzene rings is 2. The van der Waals surface area contributed by atoms with Crippen molar-refractivity contribution >= 4 is 33.0 Å². The lowest BCUT2D eigenvalue weighted by atomic mass is 10.1. The highest BCUT2D eigenvalue weighted by molar-refractivity contribution is 7.90. The van der Waals surface area contributed by atoms with E-state index in [9.17, 15) is 28.1 Å². The van der Waals surface area contributed by atoms with E-state index in [1.807, 2.05) is 0 Å². The van der Waals surface area contributed by atoms with Crippen LogP contribution in [0.4, 0.5) is 11.4 Å². The van der Waals surface area contributed by atoms with E-state index in [2.05, 4.69) is 0 Å². The zero-order valence-electron chi connectivity index (χ0n) is 12.3. The van der Waals surface area contributed by atoms with Crippen LogP contribution in [0.5, 0.6) is 0 Å². The van der Waals surface area contributed by atoms with Crippen molar-refractivity contribution in [2.24, 2.45) is 0 Å². The van der Waals surface area contributed by atoms with Gasteiger partial charge in [-0.1, -0.05) is 12.1 Å². The minimum atomic E-state index is -3.67. The van der Waals surface area contributed by atoms with E-state index in [1.54, 1.807) is 12.1 Å². The number of fused-ring (bicyclic) bond motifs is 1. The summed E-state index contributed by atoms with van der Waals surface area (Å²) in [4.78, 5) is 35.8. The van der Waals surface area contributed by atoms with E-state index in [0.29, 0.717) is 4.90 Å². The van der Waals surface area contributed by atoms with Gasteiger partial charge in [-0.2, -0.15) is 0 Å². The first-order chi connectivity index (χ1) is 11.2. The van der Waals surface area contributed by atoms with Gasteiger partial charge in [-0.05, 0) is 24.3 Å². The molecule has 0 aliphatic carbocycles. The minimum absolute atomic E-state index is 0.143. The lowest BCUT2D eigenvalue weighted by molar-refractivity contribution is -0.384. The standard InChI is InChI=1S/C15H10N2O6S/c1-24(22,23)9-6-7-12(13(8-9)17(20)21)16-14(18)10-4-2-3-5-11(10)15(16)19/h2-8H,1H3. The Labute approximate surface area is 136 Å². The van der Waals surface area contributed by atoms with E-state index in [-0.39, 0.29) is 21.7 Å². The van der Waals surface area contributed by atoms with Gasteiger partial charge in [0.1, 0.15) is 5.69 Å². The largest absolute Gasteiger partial charge is 0.294 e. The van der Waals surface area contributed by atoms with Gasteiger partial charge in [0, 0.05) is 12.3 Å². The molecule has 9 heteroatoms. The van der Waals surface area contributed by atoms with Crippen LogP contribution in [0.2, 0.25) is 0 Å². The zero-order chi connectivity index (χ0) is 17.6. The second kappa shape index (κ2) is 5.24. The number of imide groups is 1. The van der Waals surface area contributed by atoms with Crippen LogP contribution in [0, 0.1) is 10.1 Å². The van der Waals surface area contributed by atoms with Gasteiger partial charge in [0.05, 0.1) is 20.9 Å². The number of nitro groups is 1. The predicted octanol–water partition coefficient (Wildman–Crippen LogP) is 1.80. The fraction of sp³-hybridized carbons (Fsp3) is 0.0667. The summed E-state index contributed by atoms with van der Waals surface area (Å²) in [5.74, 6) is -1.38. The highest BCUT2D eigenvalue weighted by Gasteiger charge is 2.39. The Morgan fingerprint density at radius 3 is 2.00 bits per heavy atom. The van der Waals surface area contributed by atoms with E-state index in [1.165, 1.54) is 12.1 Å². The Balaban J connectivity index is 2.19. The Hall–Kier alpha value is -3.07. The van der Waals surface area contributed by atoms with Crippen LogP contribution in [0.1, 0.15) is 20.7 Å². The summed E-state index contributed by atoms with van der Waals surface area (Å²) in [6.07, 6.45) is 0.910. The molecule has 0 unspecified atom stereocenters. The molecule has 8 nitrogen and oxygen atoms in total. The summed E-state index contributed by atoms with van der Waals surface area (Å²) < 4.78 is 23.2. The molecule has 3 rings (SSSR count). The number of sulfone groups is 1. The van der Waals surface area contributed by atoms with Crippen molar-refractivity contribution < 1.29 is 22.9 Å².